The molecule has 0 saturated heterocycles. The molecule has 3 rings (SSSR count). The standard InChI is InChI=1S/C19H16N4O3S3/c24-16(21-20-10-14-8-4-5-9-15(14)17(25)26)12-28-19-23-22-18(29-19)27-11-13-6-2-1-3-7-13/h1-10H,11-12H2,(H,21,24)(H,25,26). The normalized spacial score (nSPS) is 10.9. The lowest BCUT2D eigenvalue weighted by atomic mass is 10.1. The Bertz CT molecular complexity index is 1010. The van der Waals surface area contributed by atoms with Crippen molar-refractivity contribution in [1.29, 1.82) is 0 Å². The smallest absolute Gasteiger partial charge is 0.336 e. The monoisotopic (exact) mass is 444 g/mol. The van der Waals surface area contributed by atoms with Crippen LogP contribution in [0.5, 0.6) is 0 Å². The van der Waals surface area contributed by atoms with Gasteiger partial charge in [0.25, 0.3) is 5.91 Å². The number of carbonyl (C=O) groups is 2. The van der Waals surface area contributed by atoms with Crippen LogP contribution in [0.4, 0.5) is 0 Å². The maximum Gasteiger partial charge on any atom is 0.336 e. The summed E-state index contributed by atoms with van der Waals surface area (Å²) in [6.45, 7) is 0. The number of hydrazone groups is 1. The number of aromatic nitrogens is 2. The number of carboxylic acid groups (broad SMARTS) is 1. The van der Waals surface area contributed by atoms with Crippen molar-refractivity contribution in [1.82, 2.24) is 15.6 Å². The van der Waals surface area contributed by atoms with Crippen LogP contribution < -0.4 is 5.43 Å². The highest BCUT2D eigenvalue weighted by molar-refractivity contribution is 8.03. The number of carbonyl (C=O) groups excluding carboxylic acids is 1. The van der Waals surface area contributed by atoms with E-state index in [4.69, 9.17) is 5.11 Å². The summed E-state index contributed by atoms with van der Waals surface area (Å²) >= 11 is 4.32. The lowest BCUT2D eigenvalue weighted by Gasteiger charge is -2.00. The molecule has 1 amide bonds. The fraction of sp³-hybridized carbons (Fsp3) is 0.105. The van der Waals surface area contributed by atoms with Crippen molar-refractivity contribution in [3.63, 3.8) is 0 Å². The molecule has 3 aromatic rings. The number of benzene rings is 2. The zero-order valence-electron chi connectivity index (χ0n) is 15.0. The zero-order valence-corrected chi connectivity index (χ0v) is 17.5. The maximum atomic E-state index is 11.9. The summed E-state index contributed by atoms with van der Waals surface area (Å²) in [6, 6.07) is 16.5. The van der Waals surface area contributed by atoms with Crippen LogP contribution in [0.15, 0.2) is 68.4 Å². The predicted octanol–water partition coefficient (Wildman–Crippen LogP) is 3.77. The average Bonchev–Trinajstić information content (AvgIpc) is 3.20. The Labute approximate surface area is 179 Å². The van der Waals surface area contributed by atoms with Crippen molar-refractivity contribution >= 4 is 53.0 Å². The lowest BCUT2D eigenvalue weighted by Crippen LogP contribution is -2.19. The molecule has 0 unspecified atom stereocenters. The van der Waals surface area contributed by atoms with Crippen LogP contribution in [0, 0.1) is 0 Å². The predicted molar refractivity (Wildman–Crippen MR) is 116 cm³/mol. The van der Waals surface area contributed by atoms with Crippen LogP contribution in [0.25, 0.3) is 0 Å². The maximum absolute atomic E-state index is 11.9. The molecule has 0 aliphatic rings. The first-order valence-corrected chi connectivity index (χ1v) is 11.2. The number of thioether (sulfide) groups is 2. The van der Waals surface area contributed by atoms with E-state index in [2.05, 4.69) is 32.9 Å². The third kappa shape index (κ3) is 6.70. The summed E-state index contributed by atoms with van der Waals surface area (Å²) in [6.07, 6.45) is 1.31. The second-order valence-electron chi connectivity index (χ2n) is 5.58. The number of rotatable bonds is 9. The van der Waals surface area contributed by atoms with Gasteiger partial charge in [0, 0.05) is 11.3 Å². The molecule has 0 bridgehead atoms. The summed E-state index contributed by atoms with van der Waals surface area (Å²) in [5, 5.41) is 21.2. The van der Waals surface area contributed by atoms with Gasteiger partial charge in [-0.3, -0.25) is 4.79 Å². The summed E-state index contributed by atoms with van der Waals surface area (Å²) in [5.41, 5.74) is 4.13. The number of aromatic carboxylic acids is 1. The first-order valence-electron chi connectivity index (χ1n) is 8.39. The molecule has 0 fully saturated rings. The van der Waals surface area contributed by atoms with Crippen molar-refractivity contribution in [2.75, 3.05) is 5.75 Å². The molecule has 1 heterocycles. The van der Waals surface area contributed by atoms with Crippen LogP contribution in [0.2, 0.25) is 0 Å². The van der Waals surface area contributed by atoms with Crippen LogP contribution in [-0.2, 0) is 10.5 Å². The van der Waals surface area contributed by atoms with Gasteiger partial charge in [-0.05, 0) is 11.6 Å². The molecule has 0 aliphatic carbocycles. The first-order chi connectivity index (χ1) is 14.1. The number of carboxylic acids is 1. The summed E-state index contributed by atoms with van der Waals surface area (Å²) in [7, 11) is 0. The van der Waals surface area contributed by atoms with Gasteiger partial charge in [-0.15, -0.1) is 10.2 Å². The molecular weight excluding hydrogens is 428 g/mol. The topological polar surface area (TPSA) is 105 Å². The molecule has 0 saturated carbocycles. The van der Waals surface area contributed by atoms with E-state index in [1.54, 1.807) is 30.0 Å². The molecule has 148 valence electrons. The fourth-order valence-electron chi connectivity index (χ4n) is 2.17. The summed E-state index contributed by atoms with van der Waals surface area (Å²) < 4.78 is 1.55. The highest BCUT2D eigenvalue weighted by Gasteiger charge is 2.09. The van der Waals surface area contributed by atoms with Crippen molar-refractivity contribution < 1.29 is 14.7 Å². The average molecular weight is 445 g/mol. The van der Waals surface area contributed by atoms with Gasteiger partial charge in [-0.2, -0.15) is 5.10 Å². The highest BCUT2D eigenvalue weighted by atomic mass is 32.2. The Morgan fingerprint density at radius 1 is 1.03 bits per heavy atom. The van der Waals surface area contributed by atoms with Gasteiger partial charge in [-0.1, -0.05) is 83.4 Å². The second-order valence-corrected chi connectivity index (χ2v) is 9.00. The van der Waals surface area contributed by atoms with Gasteiger partial charge in [0.05, 0.1) is 17.5 Å². The highest BCUT2D eigenvalue weighted by Crippen LogP contribution is 2.30. The third-order valence-corrected chi connectivity index (χ3v) is 6.76. The number of nitrogens with zero attached hydrogens (tertiary/aromatic N) is 3. The zero-order chi connectivity index (χ0) is 20.5. The summed E-state index contributed by atoms with van der Waals surface area (Å²) in [4.78, 5) is 23.1. The number of hydrogen-bond donors (Lipinski definition) is 2. The molecule has 0 atom stereocenters. The molecule has 29 heavy (non-hydrogen) atoms. The van der Waals surface area contributed by atoms with Crippen LogP contribution >= 0.6 is 34.9 Å². The van der Waals surface area contributed by atoms with E-state index in [-0.39, 0.29) is 17.2 Å². The summed E-state index contributed by atoms with van der Waals surface area (Å²) in [5.74, 6) is -0.415. The van der Waals surface area contributed by atoms with Gasteiger partial charge >= 0.3 is 5.97 Å². The molecule has 1 aromatic heterocycles. The Morgan fingerprint density at radius 2 is 1.72 bits per heavy atom. The van der Waals surface area contributed by atoms with Gasteiger partial charge in [0.1, 0.15) is 0 Å². The fourth-order valence-corrected chi connectivity index (χ4v) is 4.94. The van der Waals surface area contributed by atoms with Crippen molar-refractivity contribution in [2.24, 2.45) is 5.10 Å². The minimum absolute atomic E-state index is 0.120. The molecule has 0 aliphatic heterocycles. The van der Waals surface area contributed by atoms with E-state index in [1.807, 2.05) is 18.2 Å². The van der Waals surface area contributed by atoms with Crippen LogP contribution in [0.1, 0.15) is 21.5 Å². The molecule has 2 aromatic carbocycles. The van der Waals surface area contributed by atoms with Crippen molar-refractivity contribution in [3.8, 4) is 0 Å². The van der Waals surface area contributed by atoms with E-state index in [1.165, 1.54) is 40.9 Å². The number of nitrogens with one attached hydrogen (secondary N) is 1. The Hall–Kier alpha value is -2.69. The van der Waals surface area contributed by atoms with Crippen LogP contribution in [0.3, 0.4) is 0 Å². The van der Waals surface area contributed by atoms with E-state index >= 15 is 0 Å². The van der Waals surface area contributed by atoms with Gasteiger partial charge < -0.3 is 5.11 Å². The third-order valence-electron chi connectivity index (χ3n) is 3.50. The van der Waals surface area contributed by atoms with Crippen molar-refractivity contribution in [2.45, 2.75) is 14.4 Å². The van der Waals surface area contributed by atoms with E-state index in [0.29, 0.717) is 9.90 Å². The number of amides is 1. The first kappa shape index (κ1) is 21.0. The number of hydrogen-bond acceptors (Lipinski definition) is 8. The molecular formula is C19H16N4O3S3. The molecule has 0 radical (unpaired) electrons. The minimum Gasteiger partial charge on any atom is -0.478 e. The van der Waals surface area contributed by atoms with Crippen LogP contribution in [-0.4, -0.2) is 39.1 Å². The SMILES string of the molecule is O=C(CSc1nnc(SCc2ccccc2)s1)NN=Cc1ccccc1C(=O)O. The van der Waals surface area contributed by atoms with Crippen molar-refractivity contribution in [3.05, 3.63) is 71.3 Å². The second kappa shape index (κ2) is 10.7. The molecule has 2 N–H and O–H groups in total. The van der Waals surface area contributed by atoms with Gasteiger partial charge in [0.2, 0.25) is 0 Å². The Morgan fingerprint density at radius 3 is 2.48 bits per heavy atom. The molecule has 0 spiro atoms. The van der Waals surface area contributed by atoms with Gasteiger partial charge in [0.15, 0.2) is 8.68 Å². The van der Waals surface area contributed by atoms with E-state index < -0.39 is 5.97 Å². The van der Waals surface area contributed by atoms with E-state index in [9.17, 15) is 9.59 Å². The minimum atomic E-state index is -1.05. The Kier molecular flexibility index (Phi) is 7.79. The van der Waals surface area contributed by atoms with E-state index in [0.717, 1.165) is 10.1 Å². The lowest BCUT2D eigenvalue weighted by molar-refractivity contribution is -0.118. The van der Waals surface area contributed by atoms with Gasteiger partial charge in [-0.25, -0.2) is 10.2 Å². The largest absolute Gasteiger partial charge is 0.478 e. The Balaban J connectivity index is 1.44. The molecule has 7 nitrogen and oxygen atoms in total. The molecule has 10 heteroatoms. The quantitative estimate of drug-likeness (QED) is 0.294.